The highest BCUT2D eigenvalue weighted by Gasteiger charge is 2.38. The number of rotatable bonds is 3. The number of carbonyl (C=O) groups is 4. The van der Waals surface area contributed by atoms with E-state index in [1.165, 1.54) is 13.8 Å². The SMILES string of the molecule is CC(=O)c1ccc(N2CC(C(=O)N3CCN(C(C)=O)CC3)CC2=O)cc1. The average Bonchev–Trinajstić information content (AvgIpc) is 3.03. The summed E-state index contributed by atoms with van der Waals surface area (Å²) >= 11 is 0. The number of benzene rings is 1. The van der Waals surface area contributed by atoms with E-state index in [2.05, 4.69) is 0 Å². The van der Waals surface area contributed by atoms with Crippen molar-refractivity contribution in [2.45, 2.75) is 20.3 Å². The number of hydrogen-bond acceptors (Lipinski definition) is 4. The molecule has 26 heavy (non-hydrogen) atoms. The minimum Gasteiger partial charge on any atom is -0.339 e. The first kappa shape index (κ1) is 18.1. The fourth-order valence-electron chi connectivity index (χ4n) is 3.50. The summed E-state index contributed by atoms with van der Waals surface area (Å²) in [6.07, 6.45) is 0.195. The maximum Gasteiger partial charge on any atom is 0.228 e. The van der Waals surface area contributed by atoms with Gasteiger partial charge in [-0.05, 0) is 31.2 Å². The van der Waals surface area contributed by atoms with Gasteiger partial charge in [0.25, 0.3) is 0 Å². The first-order chi connectivity index (χ1) is 12.4. The molecule has 2 fully saturated rings. The van der Waals surface area contributed by atoms with Crippen LogP contribution in [-0.4, -0.2) is 66.0 Å². The molecular formula is C19H23N3O4. The highest BCUT2D eigenvalue weighted by Crippen LogP contribution is 2.27. The molecule has 0 spiro atoms. The Hall–Kier alpha value is -2.70. The zero-order valence-corrected chi connectivity index (χ0v) is 15.1. The fraction of sp³-hybridized carbons (Fsp3) is 0.474. The van der Waals surface area contributed by atoms with Crippen LogP contribution < -0.4 is 4.90 Å². The van der Waals surface area contributed by atoms with E-state index in [0.29, 0.717) is 44.0 Å². The van der Waals surface area contributed by atoms with Gasteiger partial charge in [0.15, 0.2) is 5.78 Å². The van der Waals surface area contributed by atoms with Crippen molar-refractivity contribution >= 4 is 29.2 Å². The molecule has 1 unspecified atom stereocenters. The van der Waals surface area contributed by atoms with Crippen molar-refractivity contribution < 1.29 is 19.2 Å². The molecule has 1 aromatic rings. The van der Waals surface area contributed by atoms with E-state index < -0.39 is 0 Å². The molecular weight excluding hydrogens is 334 g/mol. The minimum atomic E-state index is -0.362. The smallest absolute Gasteiger partial charge is 0.228 e. The van der Waals surface area contributed by atoms with Gasteiger partial charge in [0, 0.05) is 57.3 Å². The molecule has 2 saturated heterocycles. The lowest BCUT2D eigenvalue weighted by Gasteiger charge is -2.35. The Kier molecular flexibility index (Phi) is 5.06. The number of Topliss-reactive ketones (excluding diaryl/α,β-unsaturated/α-hetero) is 1. The van der Waals surface area contributed by atoms with Crippen LogP contribution in [-0.2, 0) is 14.4 Å². The van der Waals surface area contributed by atoms with Gasteiger partial charge < -0.3 is 14.7 Å². The summed E-state index contributed by atoms with van der Waals surface area (Å²) in [4.78, 5) is 53.0. The largest absolute Gasteiger partial charge is 0.339 e. The van der Waals surface area contributed by atoms with Crippen molar-refractivity contribution in [1.82, 2.24) is 9.80 Å². The molecule has 0 N–H and O–H groups in total. The zero-order chi connectivity index (χ0) is 18.8. The molecule has 7 nitrogen and oxygen atoms in total. The number of ketones is 1. The van der Waals surface area contributed by atoms with E-state index >= 15 is 0 Å². The lowest BCUT2D eigenvalue weighted by Crippen LogP contribution is -2.51. The van der Waals surface area contributed by atoms with Crippen LogP contribution in [0.1, 0.15) is 30.6 Å². The average molecular weight is 357 g/mol. The van der Waals surface area contributed by atoms with Gasteiger partial charge in [-0.3, -0.25) is 19.2 Å². The van der Waals surface area contributed by atoms with Crippen molar-refractivity contribution in [2.75, 3.05) is 37.6 Å². The Labute approximate surface area is 152 Å². The van der Waals surface area contributed by atoms with Crippen molar-refractivity contribution in [3.05, 3.63) is 29.8 Å². The molecule has 7 heteroatoms. The normalized spacial score (nSPS) is 20.5. The third kappa shape index (κ3) is 3.61. The molecule has 0 saturated carbocycles. The molecule has 0 aromatic heterocycles. The van der Waals surface area contributed by atoms with E-state index in [4.69, 9.17) is 0 Å². The number of carbonyl (C=O) groups excluding carboxylic acids is 4. The number of amides is 3. The molecule has 3 rings (SSSR count). The molecule has 2 heterocycles. The zero-order valence-electron chi connectivity index (χ0n) is 15.1. The van der Waals surface area contributed by atoms with E-state index in [-0.39, 0.29) is 35.8 Å². The Bertz CT molecular complexity index is 736. The van der Waals surface area contributed by atoms with Crippen molar-refractivity contribution in [3.8, 4) is 0 Å². The number of hydrogen-bond donors (Lipinski definition) is 0. The van der Waals surface area contributed by atoms with Crippen LogP contribution in [0, 0.1) is 5.92 Å². The van der Waals surface area contributed by atoms with E-state index in [1.807, 2.05) is 0 Å². The van der Waals surface area contributed by atoms with Gasteiger partial charge in [0.1, 0.15) is 0 Å². The summed E-state index contributed by atoms with van der Waals surface area (Å²) in [6.45, 7) is 5.48. The van der Waals surface area contributed by atoms with Gasteiger partial charge >= 0.3 is 0 Å². The van der Waals surface area contributed by atoms with Crippen LogP contribution >= 0.6 is 0 Å². The predicted octanol–water partition coefficient (Wildman–Crippen LogP) is 0.933. The molecule has 2 aliphatic rings. The second kappa shape index (κ2) is 7.27. The summed E-state index contributed by atoms with van der Waals surface area (Å²) in [7, 11) is 0. The van der Waals surface area contributed by atoms with Crippen LogP contribution in [0.5, 0.6) is 0 Å². The summed E-state index contributed by atoms with van der Waals surface area (Å²) in [5.74, 6) is -0.472. The van der Waals surface area contributed by atoms with Crippen LogP contribution in [0.2, 0.25) is 0 Å². The summed E-state index contributed by atoms with van der Waals surface area (Å²) in [5.41, 5.74) is 1.30. The van der Waals surface area contributed by atoms with Gasteiger partial charge in [0.05, 0.1) is 5.92 Å². The highest BCUT2D eigenvalue weighted by atomic mass is 16.2. The van der Waals surface area contributed by atoms with Crippen molar-refractivity contribution in [3.63, 3.8) is 0 Å². The fourth-order valence-corrected chi connectivity index (χ4v) is 3.50. The second-order valence-electron chi connectivity index (χ2n) is 6.84. The standard InChI is InChI=1S/C19H23N3O4/c1-13(23)15-3-5-17(6-4-15)22-12-16(11-18(22)25)19(26)21-9-7-20(8-10-21)14(2)24/h3-6,16H,7-12H2,1-2H3. The third-order valence-corrected chi connectivity index (χ3v) is 5.10. The summed E-state index contributed by atoms with van der Waals surface area (Å²) in [5, 5.41) is 0. The Morgan fingerprint density at radius 1 is 0.923 bits per heavy atom. The van der Waals surface area contributed by atoms with E-state index in [9.17, 15) is 19.2 Å². The van der Waals surface area contributed by atoms with Crippen LogP contribution in [0.15, 0.2) is 24.3 Å². The molecule has 1 atom stereocenters. The lowest BCUT2D eigenvalue weighted by molar-refractivity contribution is -0.141. The van der Waals surface area contributed by atoms with Crippen molar-refractivity contribution in [2.24, 2.45) is 5.92 Å². The monoisotopic (exact) mass is 357 g/mol. The third-order valence-electron chi connectivity index (χ3n) is 5.10. The molecule has 0 radical (unpaired) electrons. The number of anilines is 1. The predicted molar refractivity (Wildman–Crippen MR) is 95.7 cm³/mol. The number of piperazine rings is 1. The van der Waals surface area contributed by atoms with Gasteiger partial charge in [0.2, 0.25) is 17.7 Å². The van der Waals surface area contributed by atoms with Gasteiger partial charge in [-0.1, -0.05) is 0 Å². The first-order valence-electron chi connectivity index (χ1n) is 8.82. The minimum absolute atomic E-state index is 0.0216. The first-order valence-corrected chi connectivity index (χ1v) is 8.82. The molecule has 0 aliphatic carbocycles. The second-order valence-corrected chi connectivity index (χ2v) is 6.84. The Morgan fingerprint density at radius 3 is 2.04 bits per heavy atom. The quantitative estimate of drug-likeness (QED) is 0.754. The highest BCUT2D eigenvalue weighted by molar-refractivity contribution is 6.01. The Morgan fingerprint density at radius 2 is 1.50 bits per heavy atom. The van der Waals surface area contributed by atoms with Gasteiger partial charge in [-0.15, -0.1) is 0 Å². The summed E-state index contributed by atoms with van der Waals surface area (Å²) in [6, 6.07) is 6.88. The van der Waals surface area contributed by atoms with Crippen LogP contribution in [0.3, 0.4) is 0 Å². The van der Waals surface area contributed by atoms with Crippen LogP contribution in [0.25, 0.3) is 0 Å². The topological polar surface area (TPSA) is 78.0 Å². The van der Waals surface area contributed by atoms with E-state index in [1.54, 1.807) is 39.0 Å². The van der Waals surface area contributed by atoms with Crippen LogP contribution in [0.4, 0.5) is 5.69 Å². The summed E-state index contributed by atoms with van der Waals surface area (Å²) < 4.78 is 0. The van der Waals surface area contributed by atoms with E-state index in [0.717, 1.165) is 0 Å². The maximum atomic E-state index is 12.7. The molecule has 3 amide bonds. The maximum absolute atomic E-state index is 12.7. The van der Waals surface area contributed by atoms with Gasteiger partial charge in [-0.25, -0.2) is 0 Å². The molecule has 138 valence electrons. The molecule has 2 aliphatic heterocycles. The van der Waals surface area contributed by atoms with Gasteiger partial charge in [-0.2, -0.15) is 0 Å². The molecule has 0 bridgehead atoms. The Balaban J connectivity index is 1.63. The number of nitrogens with zero attached hydrogens (tertiary/aromatic N) is 3. The lowest BCUT2D eigenvalue weighted by atomic mass is 10.1. The molecule has 1 aromatic carbocycles. The van der Waals surface area contributed by atoms with Crippen molar-refractivity contribution in [1.29, 1.82) is 0 Å².